The Morgan fingerprint density at radius 1 is 1.25 bits per heavy atom. The van der Waals surface area contributed by atoms with Crippen LogP contribution in [0.15, 0.2) is 24.3 Å². The van der Waals surface area contributed by atoms with Gasteiger partial charge in [0.15, 0.2) is 0 Å². The van der Waals surface area contributed by atoms with E-state index in [1.54, 1.807) is 0 Å². The molecule has 1 fully saturated rings. The molecule has 0 spiro atoms. The third kappa shape index (κ3) is 2.82. The number of ether oxygens (including phenoxy) is 1. The van der Waals surface area contributed by atoms with Crippen LogP contribution in [0.1, 0.15) is 38.2 Å². The fourth-order valence-corrected chi connectivity index (χ4v) is 3.31. The number of anilines is 1. The Balaban J connectivity index is 1.61. The van der Waals surface area contributed by atoms with Crippen LogP contribution in [0.4, 0.5) is 5.69 Å². The van der Waals surface area contributed by atoms with Crippen molar-refractivity contribution in [2.24, 2.45) is 11.8 Å². The Labute approximate surface area is 120 Å². The highest BCUT2D eigenvalue weighted by atomic mass is 16.5. The number of para-hydroxylation sites is 1. The van der Waals surface area contributed by atoms with Gasteiger partial charge in [-0.15, -0.1) is 0 Å². The van der Waals surface area contributed by atoms with E-state index in [-0.39, 0.29) is 18.0 Å². The van der Waals surface area contributed by atoms with Crippen LogP contribution in [0.2, 0.25) is 0 Å². The summed E-state index contributed by atoms with van der Waals surface area (Å²) in [5, 5.41) is 3.34. The number of carbonyl (C=O) groups is 1. The molecular formula is C17H23NO2. The second kappa shape index (κ2) is 5.86. The maximum Gasteiger partial charge on any atom is 0.311 e. The maximum atomic E-state index is 12.4. The van der Waals surface area contributed by atoms with Crippen molar-refractivity contribution < 1.29 is 9.53 Å². The molecule has 1 heterocycles. The maximum absolute atomic E-state index is 12.4. The molecule has 0 saturated heterocycles. The van der Waals surface area contributed by atoms with Gasteiger partial charge in [-0.1, -0.05) is 31.5 Å². The van der Waals surface area contributed by atoms with Crippen molar-refractivity contribution in [1.82, 2.24) is 0 Å². The average molecular weight is 273 g/mol. The van der Waals surface area contributed by atoms with E-state index in [2.05, 4.69) is 24.4 Å². The van der Waals surface area contributed by atoms with E-state index >= 15 is 0 Å². The minimum absolute atomic E-state index is 0.0225. The first-order valence-corrected chi connectivity index (χ1v) is 7.76. The summed E-state index contributed by atoms with van der Waals surface area (Å²) in [6, 6.07) is 8.21. The highest BCUT2D eigenvalue weighted by Gasteiger charge is 2.30. The molecule has 3 atom stereocenters. The third-order valence-corrected chi connectivity index (χ3v) is 4.66. The summed E-state index contributed by atoms with van der Waals surface area (Å²) in [4.78, 5) is 12.4. The van der Waals surface area contributed by atoms with Crippen LogP contribution in [0, 0.1) is 11.8 Å². The summed E-state index contributed by atoms with van der Waals surface area (Å²) >= 11 is 0. The summed E-state index contributed by atoms with van der Waals surface area (Å²) in [7, 11) is 0. The standard InChI is InChI=1S/C17H23NO2/c1-12-6-2-5-9-16(12)20-17(19)14-10-13-7-3-4-8-15(13)18-11-14/h3-4,7-8,12,14,16,18H,2,5-6,9-11H2,1H3. The zero-order chi connectivity index (χ0) is 13.9. The van der Waals surface area contributed by atoms with Gasteiger partial charge in [0.25, 0.3) is 0 Å². The summed E-state index contributed by atoms with van der Waals surface area (Å²) in [5.74, 6) is 0.446. The van der Waals surface area contributed by atoms with E-state index in [0.717, 1.165) is 18.5 Å². The second-order valence-corrected chi connectivity index (χ2v) is 6.18. The molecule has 0 aromatic heterocycles. The SMILES string of the molecule is CC1CCCCC1OC(=O)C1CNc2ccccc2C1. The predicted molar refractivity (Wildman–Crippen MR) is 79.6 cm³/mol. The lowest BCUT2D eigenvalue weighted by atomic mass is 9.87. The molecule has 108 valence electrons. The summed E-state index contributed by atoms with van der Waals surface area (Å²) in [6.07, 6.45) is 5.60. The van der Waals surface area contributed by atoms with Crippen molar-refractivity contribution in [3.63, 3.8) is 0 Å². The van der Waals surface area contributed by atoms with Crippen LogP contribution < -0.4 is 5.32 Å². The van der Waals surface area contributed by atoms with Gasteiger partial charge >= 0.3 is 5.97 Å². The number of benzene rings is 1. The number of hydrogen-bond donors (Lipinski definition) is 1. The molecule has 1 aromatic carbocycles. The molecular weight excluding hydrogens is 250 g/mol. The van der Waals surface area contributed by atoms with Crippen LogP contribution >= 0.6 is 0 Å². The molecule has 20 heavy (non-hydrogen) atoms. The molecule has 0 bridgehead atoms. The zero-order valence-corrected chi connectivity index (χ0v) is 12.1. The Bertz CT molecular complexity index is 486. The van der Waals surface area contributed by atoms with Crippen molar-refractivity contribution in [2.45, 2.75) is 45.1 Å². The quantitative estimate of drug-likeness (QED) is 0.839. The van der Waals surface area contributed by atoms with E-state index in [9.17, 15) is 4.79 Å². The van der Waals surface area contributed by atoms with Crippen LogP contribution in [-0.2, 0) is 16.0 Å². The zero-order valence-electron chi connectivity index (χ0n) is 12.1. The predicted octanol–water partition coefficient (Wildman–Crippen LogP) is 3.39. The molecule has 3 nitrogen and oxygen atoms in total. The molecule has 1 aromatic rings. The van der Waals surface area contributed by atoms with Gasteiger partial charge in [0.05, 0.1) is 5.92 Å². The first kappa shape index (κ1) is 13.5. The molecule has 1 saturated carbocycles. The Morgan fingerprint density at radius 2 is 2.05 bits per heavy atom. The molecule has 3 heteroatoms. The van der Waals surface area contributed by atoms with E-state index in [1.165, 1.54) is 24.8 Å². The number of nitrogens with one attached hydrogen (secondary N) is 1. The fourth-order valence-electron chi connectivity index (χ4n) is 3.31. The van der Waals surface area contributed by atoms with Gasteiger partial charge in [-0.05, 0) is 43.2 Å². The van der Waals surface area contributed by atoms with Gasteiger partial charge in [0.1, 0.15) is 6.10 Å². The number of carbonyl (C=O) groups excluding carboxylic acids is 1. The van der Waals surface area contributed by atoms with E-state index < -0.39 is 0 Å². The number of esters is 1. The Hall–Kier alpha value is -1.51. The monoisotopic (exact) mass is 273 g/mol. The third-order valence-electron chi connectivity index (χ3n) is 4.66. The van der Waals surface area contributed by atoms with Crippen molar-refractivity contribution in [2.75, 3.05) is 11.9 Å². The average Bonchev–Trinajstić information content (AvgIpc) is 2.49. The van der Waals surface area contributed by atoms with E-state index in [0.29, 0.717) is 12.5 Å². The summed E-state index contributed by atoms with van der Waals surface area (Å²) in [6.45, 7) is 2.89. The number of hydrogen-bond acceptors (Lipinski definition) is 3. The van der Waals surface area contributed by atoms with E-state index in [1.807, 2.05) is 12.1 Å². The topological polar surface area (TPSA) is 38.3 Å². The van der Waals surface area contributed by atoms with Crippen molar-refractivity contribution in [1.29, 1.82) is 0 Å². The van der Waals surface area contributed by atoms with Gasteiger partial charge in [-0.3, -0.25) is 4.79 Å². The molecule has 0 amide bonds. The van der Waals surface area contributed by atoms with Crippen molar-refractivity contribution in [3.8, 4) is 0 Å². The minimum atomic E-state index is -0.0426. The first-order chi connectivity index (χ1) is 9.74. The molecule has 1 aliphatic carbocycles. The minimum Gasteiger partial charge on any atom is -0.462 e. The molecule has 3 rings (SSSR count). The fraction of sp³-hybridized carbons (Fsp3) is 0.588. The smallest absolute Gasteiger partial charge is 0.311 e. The molecule has 1 aliphatic heterocycles. The Kier molecular flexibility index (Phi) is 3.95. The lowest BCUT2D eigenvalue weighted by molar-refractivity contribution is -0.157. The normalized spacial score (nSPS) is 29.1. The largest absolute Gasteiger partial charge is 0.462 e. The van der Waals surface area contributed by atoms with Crippen molar-refractivity contribution >= 4 is 11.7 Å². The molecule has 1 N–H and O–H groups in total. The Morgan fingerprint density at radius 3 is 2.90 bits per heavy atom. The van der Waals surface area contributed by atoms with Crippen LogP contribution in [0.25, 0.3) is 0 Å². The summed E-state index contributed by atoms with van der Waals surface area (Å²) in [5.41, 5.74) is 2.37. The highest BCUT2D eigenvalue weighted by molar-refractivity contribution is 5.75. The first-order valence-electron chi connectivity index (χ1n) is 7.76. The van der Waals surface area contributed by atoms with Crippen LogP contribution in [0.5, 0.6) is 0 Å². The van der Waals surface area contributed by atoms with Crippen LogP contribution in [0.3, 0.4) is 0 Å². The second-order valence-electron chi connectivity index (χ2n) is 6.18. The van der Waals surface area contributed by atoms with Gasteiger partial charge in [0.2, 0.25) is 0 Å². The van der Waals surface area contributed by atoms with E-state index in [4.69, 9.17) is 4.74 Å². The van der Waals surface area contributed by atoms with Gasteiger partial charge in [-0.2, -0.15) is 0 Å². The lowest BCUT2D eigenvalue weighted by Gasteiger charge is -2.31. The summed E-state index contributed by atoms with van der Waals surface area (Å²) < 4.78 is 5.78. The molecule has 2 aliphatic rings. The van der Waals surface area contributed by atoms with Gasteiger partial charge in [-0.25, -0.2) is 0 Å². The van der Waals surface area contributed by atoms with Crippen LogP contribution in [-0.4, -0.2) is 18.6 Å². The number of fused-ring (bicyclic) bond motifs is 1. The van der Waals surface area contributed by atoms with Gasteiger partial charge < -0.3 is 10.1 Å². The lowest BCUT2D eigenvalue weighted by Crippen LogP contribution is -2.36. The number of rotatable bonds is 2. The highest BCUT2D eigenvalue weighted by Crippen LogP contribution is 2.29. The molecule has 3 unspecified atom stereocenters. The van der Waals surface area contributed by atoms with Crippen molar-refractivity contribution in [3.05, 3.63) is 29.8 Å². The van der Waals surface area contributed by atoms with Gasteiger partial charge in [0, 0.05) is 12.2 Å². The molecule has 0 radical (unpaired) electrons.